The zero-order chi connectivity index (χ0) is 20.2. The average Bonchev–Trinajstić information content (AvgIpc) is 2.51. The lowest BCUT2D eigenvalue weighted by Gasteiger charge is -2.22. The van der Waals surface area contributed by atoms with Gasteiger partial charge in [0, 0.05) is 5.56 Å². The predicted octanol–water partition coefficient (Wildman–Crippen LogP) is 4.37. The number of nitrogens with zero attached hydrogens (tertiary/aromatic N) is 1. The van der Waals surface area contributed by atoms with E-state index in [2.05, 4.69) is 9.72 Å². The highest BCUT2D eigenvalue weighted by molar-refractivity contribution is 7.91. The molecule has 1 rings (SSSR count). The number of hydrogen-bond donors (Lipinski definition) is 0. The Hall–Kier alpha value is -1.13. The van der Waals surface area contributed by atoms with E-state index in [0.29, 0.717) is 0 Å². The molecule has 1 atom stereocenters. The molecular formula is C15H17ClF5NO3S. The van der Waals surface area contributed by atoms with E-state index in [9.17, 15) is 31.3 Å². The average molecular weight is 422 g/mol. The van der Waals surface area contributed by atoms with Crippen LogP contribution in [-0.4, -0.2) is 34.2 Å². The Kier molecular flexibility index (Phi) is 8.09. The molecule has 0 radical (unpaired) electrons. The molecule has 1 heterocycles. The van der Waals surface area contributed by atoms with Gasteiger partial charge in [-0.05, 0) is 23.5 Å². The second-order valence-corrected chi connectivity index (χ2v) is 7.54. The first-order chi connectivity index (χ1) is 11.9. The Labute approximate surface area is 155 Å². The molecular weight excluding hydrogens is 405 g/mol. The summed E-state index contributed by atoms with van der Waals surface area (Å²) >= 11 is 3.19. The highest BCUT2D eigenvalue weighted by atomic mass is 35.5. The van der Waals surface area contributed by atoms with Crippen LogP contribution in [-0.2, 0) is 28.5 Å². The SMILES string of the molecule is COC(=O)c1c(C(F)F)nc(C(F)(F)F)c([S+]([O-])CCCl)c1CC(C)C. The van der Waals surface area contributed by atoms with E-state index in [0.717, 1.165) is 7.11 Å². The van der Waals surface area contributed by atoms with E-state index in [1.165, 1.54) is 0 Å². The number of carbonyl (C=O) groups excluding carboxylic acids is 1. The predicted molar refractivity (Wildman–Crippen MR) is 86.1 cm³/mol. The molecule has 0 fully saturated rings. The van der Waals surface area contributed by atoms with E-state index in [1.807, 2.05) is 0 Å². The second kappa shape index (κ2) is 9.18. The number of hydrogen-bond acceptors (Lipinski definition) is 4. The molecule has 1 unspecified atom stereocenters. The molecule has 0 aliphatic carbocycles. The molecule has 4 nitrogen and oxygen atoms in total. The molecule has 0 bridgehead atoms. The van der Waals surface area contributed by atoms with E-state index in [1.54, 1.807) is 13.8 Å². The molecule has 148 valence electrons. The van der Waals surface area contributed by atoms with Gasteiger partial charge in [-0.1, -0.05) is 13.8 Å². The van der Waals surface area contributed by atoms with E-state index >= 15 is 0 Å². The minimum atomic E-state index is -5.14. The summed E-state index contributed by atoms with van der Waals surface area (Å²) in [5.41, 5.74) is -4.21. The minimum absolute atomic E-state index is 0.195. The van der Waals surface area contributed by atoms with Gasteiger partial charge >= 0.3 is 12.1 Å². The summed E-state index contributed by atoms with van der Waals surface area (Å²) < 4.78 is 83.9. The van der Waals surface area contributed by atoms with Crippen molar-refractivity contribution in [3.63, 3.8) is 0 Å². The van der Waals surface area contributed by atoms with Gasteiger partial charge in [-0.3, -0.25) is 0 Å². The molecule has 26 heavy (non-hydrogen) atoms. The first-order valence-electron chi connectivity index (χ1n) is 7.40. The van der Waals surface area contributed by atoms with Crippen LogP contribution in [0.25, 0.3) is 0 Å². The standard InChI is InChI=1S/C15H17ClF5NO3S/c1-7(2)6-8-9(14(23)25-3)10(13(17)18)22-12(15(19,20)21)11(8)26(24)5-4-16/h7,13H,4-6H2,1-3H3. The van der Waals surface area contributed by atoms with Gasteiger partial charge in [-0.25, -0.2) is 18.6 Å². The van der Waals surface area contributed by atoms with Crippen molar-refractivity contribution < 1.29 is 36.0 Å². The number of rotatable bonds is 7. The molecule has 11 heteroatoms. The zero-order valence-corrected chi connectivity index (χ0v) is 15.7. The highest BCUT2D eigenvalue weighted by Crippen LogP contribution is 2.40. The van der Waals surface area contributed by atoms with Gasteiger partial charge in [-0.2, -0.15) is 13.2 Å². The van der Waals surface area contributed by atoms with E-state index < -0.39 is 57.2 Å². The van der Waals surface area contributed by atoms with Crippen molar-refractivity contribution in [3.8, 4) is 0 Å². The molecule has 0 N–H and O–H groups in total. The second-order valence-electron chi connectivity index (χ2n) is 5.65. The summed E-state index contributed by atoms with van der Waals surface area (Å²) in [5.74, 6) is -2.17. The third-order valence-corrected chi connectivity index (χ3v) is 5.13. The number of halogens is 6. The zero-order valence-electron chi connectivity index (χ0n) is 14.1. The maximum Gasteiger partial charge on any atom is 0.438 e. The van der Waals surface area contributed by atoms with Crippen molar-refractivity contribution >= 4 is 28.7 Å². The summed E-state index contributed by atoms with van der Waals surface area (Å²) in [7, 11) is 0.907. The van der Waals surface area contributed by atoms with Crippen LogP contribution in [0.2, 0.25) is 0 Å². The molecule has 1 aromatic heterocycles. The lowest BCUT2D eigenvalue weighted by Crippen LogP contribution is -2.26. The number of carbonyl (C=O) groups is 1. The van der Waals surface area contributed by atoms with E-state index in [-0.39, 0.29) is 24.0 Å². The highest BCUT2D eigenvalue weighted by Gasteiger charge is 2.45. The topological polar surface area (TPSA) is 62.2 Å². The van der Waals surface area contributed by atoms with Crippen LogP contribution in [0.4, 0.5) is 22.0 Å². The quantitative estimate of drug-likeness (QED) is 0.284. The monoisotopic (exact) mass is 421 g/mol. The molecule has 0 saturated heterocycles. The number of esters is 1. The van der Waals surface area contributed by atoms with Crippen LogP contribution >= 0.6 is 11.6 Å². The lowest BCUT2D eigenvalue weighted by molar-refractivity contribution is -0.144. The van der Waals surface area contributed by atoms with Crippen LogP contribution in [0.3, 0.4) is 0 Å². The van der Waals surface area contributed by atoms with Gasteiger partial charge in [0.05, 0.1) is 18.6 Å². The smallest absolute Gasteiger partial charge is 0.438 e. The van der Waals surface area contributed by atoms with Gasteiger partial charge in [0.2, 0.25) is 5.69 Å². The Balaban J connectivity index is 4.00. The number of alkyl halides is 6. The fourth-order valence-electron chi connectivity index (χ4n) is 2.34. The molecule has 1 aromatic rings. The Morgan fingerprint density at radius 2 is 1.92 bits per heavy atom. The number of pyridine rings is 1. The maximum absolute atomic E-state index is 13.4. The maximum atomic E-state index is 13.4. The van der Waals surface area contributed by atoms with Crippen molar-refractivity contribution in [2.45, 2.75) is 37.8 Å². The molecule has 0 saturated carbocycles. The minimum Gasteiger partial charge on any atom is -0.611 e. The number of ether oxygens (including phenoxy) is 1. The first kappa shape index (κ1) is 22.9. The van der Waals surface area contributed by atoms with Gasteiger partial charge in [0.15, 0.2) is 4.90 Å². The van der Waals surface area contributed by atoms with Gasteiger partial charge in [0.25, 0.3) is 6.43 Å². The van der Waals surface area contributed by atoms with E-state index in [4.69, 9.17) is 11.6 Å². The molecule has 0 aliphatic rings. The molecule has 0 spiro atoms. The number of aromatic nitrogens is 1. The summed E-state index contributed by atoms with van der Waals surface area (Å²) in [6, 6.07) is 0. The van der Waals surface area contributed by atoms with Crippen molar-refractivity contribution in [2.24, 2.45) is 5.92 Å². The fraction of sp³-hybridized carbons (Fsp3) is 0.600. The van der Waals surface area contributed by atoms with Crippen LogP contribution < -0.4 is 0 Å². The lowest BCUT2D eigenvalue weighted by atomic mass is 9.96. The van der Waals surface area contributed by atoms with Gasteiger partial charge in [0.1, 0.15) is 11.4 Å². The van der Waals surface area contributed by atoms with Gasteiger partial charge in [-0.15, -0.1) is 11.6 Å². The summed E-state index contributed by atoms with van der Waals surface area (Å²) in [6.07, 6.45) is -8.79. The number of methoxy groups -OCH3 is 1. The van der Waals surface area contributed by atoms with Crippen molar-refractivity contribution in [1.29, 1.82) is 0 Å². The third-order valence-electron chi connectivity index (χ3n) is 3.25. The van der Waals surface area contributed by atoms with Gasteiger partial charge < -0.3 is 9.29 Å². The molecule has 0 aromatic carbocycles. The van der Waals surface area contributed by atoms with Crippen molar-refractivity contribution in [1.82, 2.24) is 4.98 Å². The summed E-state index contributed by atoms with van der Waals surface area (Å²) in [4.78, 5) is 14.2. The largest absolute Gasteiger partial charge is 0.611 e. The Morgan fingerprint density at radius 1 is 1.35 bits per heavy atom. The summed E-state index contributed by atoms with van der Waals surface area (Å²) in [5, 5.41) is 0. The van der Waals surface area contributed by atoms with Crippen molar-refractivity contribution in [2.75, 3.05) is 18.7 Å². The normalized spacial score (nSPS) is 13.4. The van der Waals surface area contributed by atoms with Crippen LogP contribution in [0.1, 0.15) is 47.6 Å². The Bertz CT molecular complexity index is 655. The van der Waals surface area contributed by atoms with Crippen molar-refractivity contribution in [3.05, 3.63) is 22.5 Å². The third kappa shape index (κ3) is 5.20. The molecule has 0 aliphatic heterocycles. The van der Waals surface area contributed by atoms with Crippen LogP contribution in [0, 0.1) is 5.92 Å². The summed E-state index contributed by atoms with van der Waals surface area (Å²) in [6.45, 7) is 3.23. The fourth-order valence-corrected chi connectivity index (χ4v) is 3.94. The van der Waals surface area contributed by atoms with Crippen LogP contribution in [0.15, 0.2) is 4.90 Å². The van der Waals surface area contributed by atoms with Crippen LogP contribution in [0.5, 0.6) is 0 Å². The Morgan fingerprint density at radius 3 is 2.31 bits per heavy atom. The molecule has 0 amide bonds. The first-order valence-corrected chi connectivity index (χ1v) is 9.25.